The van der Waals surface area contributed by atoms with Crippen molar-refractivity contribution < 1.29 is 14.7 Å². The number of carboxylic acid groups (broad SMARTS) is 1. The topological polar surface area (TPSA) is 69.6 Å². The molecule has 2 N–H and O–H groups in total. The number of hydrogen-bond acceptors (Lipinski definition) is 3. The zero-order valence-electron chi connectivity index (χ0n) is 12.3. The average molecular weight is 282 g/mol. The Labute approximate surface area is 120 Å². The van der Waals surface area contributed by atoms with Crippen LogP contribution in [0.3, 0.4) is 0 Å². The fourth-order valence-electron chi connectivity index (χ4n) is 3.29. The van der Waals surface area contributed by atoms with E-state index in [0.717, 1.165) is 6.54 Å². The van der Waals surface area contributed by atoms with Gasteiger partial charge in [0, 0.05) is 13.1 Å². The smallest absolute Gasteiger partial charge is 0.307 e. The number of nitrogens with zero attached hydrogens (tertiary/aromatic N) is 1. The molecule has 1 amide bonds. The molecule has 2 unspecified atom stereocenters. The van der Waals surface area contributed by atoms with Gasteiger partial charge in [-0.2, -0.15) is 0 Å². The van der Waals surface area contributed by atoms with Crippen LogP contribution in [0.1, 0.15) is 45.4 Å². The summed E-state index contributed by atoms with van der Waals surface area (Å²) < 4.78 is 0. The minimum absolute atomic E-state index is 0.0432. The molecule has 1 heterocycles. The zero-order valence-corrected chi connectivity index (χ0v) is 12.3. The number of likely N-dealkylation sites (tertiary alicyclic amines) is 1. The van der Waals surface area contributed by atoms with Gasteiger partial charge in [-0.15, -0.1) is 0 Å². The van der Waals surface area contributed by atoms with Gasteiger partial charge in [0.25, 0.3) is 0 Å². The number of rotatable bonds is 5. The molecule has 1 saturated heterocycles. The highest BCUT2D eigenvalue weighted by Gasteiger charge is 2.33. The minimum Gasteiger partial charge on any atom is -0.481 e. The standard InChI is InChI=1S/C15H26N2O3/c1-11(17-8-7-13(10-17)15(19)20)14(18)16-9-12-5-3-2-4-6-12/h11-13H,2-10H2,1H3,(H,16,18)(H,19,20). The van der Waals surface area contributed by atoms with Gasteiger partial charge < -0.3 is 10.4 Å². The molecule has 0 aromatic heterocycles. The summed E-state index contributed by atoms with van der Waals surface area (Å²) in [7, 11) is 0. The van der Waals surface area contributed by atoms with E-state index in [-0.39, 0.29) is 17.9 Å². The first-order valence-electron chi connectivity index (χ1n) is 7.82. The van der Waals surface area contributed by atoms with E-state index < -0.39 is 5.97 Å². The first kappa shape index (κ1) is 15.3. The van der Waals surface area contributed by atoms with Crippen molar-refractivity contribution in [3.8, 4) is 0 Å². The van der Waals surface area contributed by atoms with Crippen LogP contribution in [-0.2, 0) is 9.59 Å². The van der Waals surface area contributed by atoms with Crippen molar-refractivity contribution in [2.45, 2.75) is 51.5 Å². The first-order chi connectivity index (χ1) is 9.58. The lowest BCUT2D eigenvalue weighted by Gasteiger charge is -2.26. The second-order valence-corrected chi connectivity index (χ2v) is 6.24. The molecule has 114 valence electrons. The van der Waals surface area contributed by atoms with Crippen LogP contribution in [0.4, 0.5) is 0 Å². The number of carboxylic acids is 1. The lowest BCUT2D eigenvalue weighted by Crippen LogP contribution is -2.45. The third-order valence-corrected chi connectivity index (χ3v) is 4.79. The van der Waals surface area contributed by atoms with Crippen molar-refractivity contribution in [2.75, 3.05) is 19.6 Å². The van der Waals surface area contributed by atoms with Crippen LogP contribution in [0.5, 0.6) is 0 Å². The van der Waals surface area contributed by atoms with Crippen molar-refractivity contribution in [2.24, 2.45) is 11.8 Å². The highest BCUT2D eigenvalue weighted by atomic mass is 16.4. The predicted molar refractivity (Wildman–Crippen MR) is 76.4 cm³/mol. The monoisotopic (exact) mass is 282 g/mol. The first-order valence-corrected chi connectivity index (χ1v) is 7.82. The molecule has 5 heteroatoms. The lowest BCUT2D eigenvalue weighted by molar-refractivity contribution is -0.141. The van der Waals surface area contributed by atoms with Gasteiger partial charge in [0.2, 0.25) is 5.91 Å². The quantitative estimate of drug-likeness (QED) is 0.801. The summed E-state index contributed by atoms with van der Waals surface area (Å²) in [6.45, 7) is 3.85. The lowest BCUT2D eigenvalue weighted by atomic mass is 9.89. The Hall–Kier alpha value is -1.10. The van der Waals surface area contributed by atoms with Crippen molar-refractivity contribution in [1.82, 2.24) is 10.2 Å². The summed E-state index contributed by atoms with van der Waals surface area (Å²) >= 11 is 0. The van der Waals surface area contributed by atoms with E-state index in [2.05, 4.69) is 5.32 Å². The van der Waals surface area contributed by atoms with Crippen LogP contribution in [0, 0.1) is 11.8 Å². The Balaban J connectivity index is 1.73. The molecular weight excluding hydrogens is 256 g/mol. The van der Waals surface area contributed by atoms with Gasteiger partial charge in [0.05, 0.1) is 12.0 Å². The molecule has 5 nitrogen and oxygen atoms in total. The van der Waals surface area contributed by atoms with E-state index in [9.17, 15) is 9.59 Å². The van der Waals surface area contributed by atoms with Crippen LogP contribution in [0.25, 0.3) is 0 Å². The van der Waals surface area contributed by atoms with Gasteiger partial charge in [-0.3, -0.25) is 14.5 Å². The SMILES string of the molecule is CC(C(=O)NCC1CCCCC1)N1CCC(C(=O)O)C1. The molecule has 2 rings (SSSR count). The maximum absolute atomic E-state index is 12.1. The Kier molecular flexibility index (Phi) is 5.40. The highest BCUT2D eigenvalue weighted by molar-refractivity contribution is 5.81. The van der Waals surface area contributed by atoms with E-state index in [4.69, 9.17) is 5.11 Å². The molecule has 0 aromatic rings. The van der Waals surface area contributed by atoms with Crippen molar-refractivity contribution in [3.63, 3.8) is 0 Å². The molecule has 2 aliphatic rings. The number of hydrogen-bond donors (Lipinski definition) is 2. The highest BCUT2D eigenvalue weighted by Crippen LogP contribution is 2.23. The summed E-state index contributed by atoms with van der Waals surface area (Å²) in [6, 6.07) is -0.219. The van der Waals surface area contributed by atoms with Gasteiger partial charge in [-0.1, -0.05) is 19.3 Å². The van der Waals surface area contributed by atoms with E-state index in [0.29, 0.717) is 25.4 Å². The maximum Gasteiger partial charge on any atom is 0.307 e. The second-order valence-electron chi connectivity index (χ2n) is 6.24. The maximum atomic E-state index is 12.1. The Morgan fingerprint density at radius 2 is 1.95 bits per heavy atom. The van der Waals surface area contributed by atoms with Gasteiger partial charge in [0.1, 0.15) is 0 Å². The number of carbonyl (C=O) groups is 2. The Morgan fingerprint density at radius 3 is 2.55 bits per heavy atom. The third-order valence-electron chi connectivity index (χ3n) is 4.79. The normalized spacial score (nSPS) is 26.4. The molecule has 0 radical (unpaired) electrons. The molecule has 0 aromatic carbocycles. The minimum atomic E-state index is -0.748. The summed E-state index contributed by atoms with van der Waals surface area (Å²) in [5.41, 5.74) is 0. The van der Waals surface area contributed by atoms with Crippen LogP contribution >= 0.6 is 0 Å². The summed E-state index contributed by atoms with van der Waals surface area (Å²) in [4.78, 5) is 25.1. The number of nitrogens with one attached hydrogen (secondary N) is 1. The predicted octanol–water partition coefficient (Wildman–Crippen LogP) is 1.48. The fourth-order valence-corrected chi connectivity index (χ4v) is 3.29. The summed E-state index contributed by atoms with van der Waals surface area (Å²) in [5.74, 6) is -0.391. The average Bonchev–Trinajstić information content (AvgIpc) is 2.95. The van der Waals surface area contributed by atoms with E-state index in [1.165, 1.54) is 32.1 Å². The van der Waals surface area contributed by atoms with Crippen molar-refractivity contribution in [1.29, 1.82) is 0 Å². The third kappa shape index (κ3) is 3.95. The van der Waals surface area contributed by atoms with Gasteiger partial charge in [-0.25, -0.2) is 0 Å². The molecule has 2 atom stereocenters. The van der Waals surface area contributed by atoms with Crippen LogP contribution in [0.2, 0.25) is 0 Å². The summed E-state index contributed by atoms with van der Waals surface area (Å²) in [5, 5.41) is 12.0. The largest absolute Gasteiger partial charge is 0.481 e. The van der Waals surface area contributed by atoms with Gasteiger partial charge >= 0.3 is 5.97 Å². The van der Waals surface area contributed by atoms with E-state index in [1.54, 1.807) is 0 Å². The Bertz CT molecular complexity index is 353. The van der Waals surface area contributed by atoms with E-state index >= 15 is 0 Å². The molecule has 1 aliphatic heterocycles. The molecule has 2 fully saturated rings. The zero-order chi connectivity index (χ0) is 14.5. The van der Waals surface area contributed by atoms with Crippen LogP contribution in [-0.4, -0.2) is 47.6 Å². The van der Waals surface area contributed by atoms with Crippen LogP contribution < -0.4 is 5.32 Å². The molecule has 20 heavy (non-hydrogen) atoms. The molecule has 1 saturated carbocycles. The summed E-state index contributed by atoms with van der Waals surface area (Å²) in [6.07, 6.45) is 6.98. The van der Waals surface area contributed by atoms with E-state index in [1.807, 2.05) is 11.8 Å². The molecule has 0 bridgehead atoms. The molecule has 0 spiro atoms. The molecular formula is C15H26N2O3. The van der Waals surface area contributed by atoms with Crippen LogP contribution in [0.15, 0.2) is 0 Å². The van der Waals surface area contributed by atoms with Gasteiger partial charge in [-0.05, 0) is 38.6 Å². The number of carbonyl (C=O) groups excluding carboxylic acids is 1. The Morgan fingerprint density at radius 1 is 1.25 bits per heavy atom. The number of aliphatic carboxylic acids is 1. The van der Waals surface area contributed by atoms with Crippen molar-refractivity contribution in [3.05, 3.63) is 0 Å². The van der Waals surface area contributed by atoms with Crippen molar-refractivity contribution >= 4 is 11.9 Å². The second kappa shape index (κ2) is 7.07. The van der Waals surface area contributed by atoms with Gasteiger partial charge in [0.15, 0.2) is 0 Å². The fraction of sp³-hybridized carbons (Fsp3) is 0.867. The molecule has 1 aliphatic carbocycles. The number of amides is 1.